The summed E-state index contributed by atoms with van der Waals surface area (Å²) in [6.07, 6.45) is 4.55. The Kier molecular flexibility index (Phi) is 7.74. The maximum Gasteiger partial charge on any atom is 0.0408 e. The molecule has 0 radical (unpaired) electrons. The number of hydrogen-bond acceptors (Lipinski definition) is 2. The van der Waals surface area contributed by atoms with E-state index in [9.17, 15) is 0 Å². The lowest BCUT2D eigenvalue weighted by Gasteiger charge is -2.17. The standard InChI is InChI=1S/C14H22ClNS/c1-3-16-11-13(7-8-17-2)9-12-5-4-6-14(15)10-12/h4-6,10,13,16H,3,7-9,11H2,1-2H3. The van der Waals surface area contributed by atoms with Crippen molar-refractivity contribution in [2.75, 3.05) is 25.1 Å². The Labute approximate surface area is 114 Å². The second-order valence-corrected chi connectivity index (χ2v) is 5.71. The molecule has 1 atom stereocenters. The van der Waals surface area contributed by atoms with Gasteiger partial charge in [-0.15, -0.1) is 0 Å². The van der Waals surface area contributed by atoms with Crippen molar-refractivity contribution in [1.82, 2.24) is 5.32 Å². The molecule has 0 aromatic heterocycles. The number of thioether (sulfide) groups is 1. The van der Waals surface area contributed by atoms with Gasteiger partial charge in [-0.25, -0.2) is 0 Å². The fourth-order valence-corrected chi connectivity index (χ4v) is 2.69. The van der Waals surface area contributed by atoms with E-state index in [1.54, 1.807) is 0 Å². The maximum atomic E-state index is 6.02. The van der Waals surface area contributed by atoms with E-state index in [0.29, 0.717) is 5.92 Å². The quantitative estimate of drug-likeness (QED) is 0.771. The van der Waals surface area contributed by atoms with Crippen LogP contribution in [0, 0.1) is 5.92 Å². The highest BCUT2D eigenvalue weighted by molar-refractivity contribution is 7.98. The van der Waals surface area contributed by atoms with Gasteiger partial charge in [0.2, 0.25) is 0 Å². The van der Waals surface area contributed by atoms with Gasteiger partial charge in [-0.05, 0) is 61.6 Å². The van der Waals surface area contributed by atoms with Crippen LogP contribution in [-0.2, 0) is 6.42 Å². The zero-order valence-electron chi connectivity index (χ0n) is 10.7. The lowest BCUT2D eigenvalue weighted by molar-refractivity contribution is 0.470. The van der Waals surface area contributed by atoms with Crippen LogP contribution in [0.1, 0.15) is 18.9 Å². The van der Waals surface area contributed by atoms with Gasteiger partial charge >= 0.3 is 0 Å². The van der Waals surface area contributed by atoms with E-state index in [2.05, 4.69) is 30.6 Å². The molecule has 0 heterocycles. The summed E-state index contributed by atoms with van der Waals surface area (Å²) in [6, 6.07) is 8.23. The third-order valence-corrected chi connectivity index (χ3v) is 3.71. The van der Waals surface area contributed by atoms with Crippen LogP contribution in [-0.4, -0.2) is 25.1 Å². The molecule has 0 fully saturated rings. The lowest BCUT2D eigenvalue weighted by Crippen LogP contribution is -2.24. The molecule has 0 spiro atoms. The van der Waals surface area contributed by atoms with Gasteiger partial charge in [-0.3, -0.25) is 0 Å². The number of benzene rings is 1. The smallest absolute Gasteiger partial charge is 0.0408 e. The summed E-state index contributed by atoms with van der Waals surface area (Å²) in [6.45, 7) is 4.31. The van der Waals surface area contributed by atoms with Gasteiger partial charge in [-0.2, -0.15) is 11.8 Å². The Bertz CT molecular complexity index is 309. The molecule has 1 unspecified atom stereocenters. The summed E-state index contributed by atoms with van der Waals surface area (Å²) in [5, 5.41) is 4.29. The van der Waals surface area contributed by atoms with Crippen molar-refractivity contribution in [2.24, 2.45) is 5.92 Å². The van der Waals surface area contributed by atoms with Gasteiger partial charge in [-0.1, -0.05) is 30.7 Å². The molecule has 1 nitrogen and oxygen atoms in total. The van der Waals surface area contributed by atoms with Crippen LogP contribution in [0.5, 0.6) is 0 Å². The van der Waals surface area contributed by atoms with Crippen molar-refractivity contribution in [2.45, 2.75) is 19.8 Å². The molecule has 3 heteroatoms. The molecule has 0 saturated heterocycles. The van der Waals surface area contributed by atoms with Gasteiger partial charge in [0.15, 0.2) is 0 Å². The monoisotopic (exact) mass is 271 g/mol. The van der Waals surface area contributed by atoms with Crippen LogP contribution >= 0.6 is 23.4 Å². The Balaban J connectivity index is 2.51. The van der Waals surface area contributed by atoms with Gasteiger partial charge in [0.05, 0.1) is 0 Å². The fourth-order valence-electron chi connectivity index (χ4n) is 1.91. The average molecular weight is 272 g/mol. The van der Waals surface area contributed by atoms with Crippen LogP contribution in [0.3, 0.4) is 0 Å². The van der Waals surface area contributed by atoms with Crippen LogP contribution in [0.25, 0.3) is 0 Å². The molecule has 0 aliphatic carbocycles. The van der Waals surface area contributed by atoms with Crippen molar-refractivity contribution in [3.05, 3.63) is 34.9 Å². The Morgan fingerprint density at radius 3 is 2.88 bits per heavy atom. The first-order chi connectivity index (χ1) is 8.26. The van der Waals surface area contributed by atoms with Gasteiger partial charge in [0, 0.05) is 5.02 Å². The molecule has 96 valence electrons. The molecule has 0 amide bonds. The zero-order chi connectivity index (χ0) is 12.5. The summed E-state index contributed by atoms with van der Waals surface area (Å²) in [7, 11) is 0. The molecule has 0 aliphatic heterocycles. The molecule has 0 aliphatic rings. The predicted molar refractivity (Wildman–Crippen MR) is 80.2 cm³/mol. The number of halogens is 1. The minimum Gasteiger partial charge on any atom is -0.317 e. The van der Waals surface area contributed by atoms with Gasteiger partial charge in [0.1, 0.15) is 0 Å². The average Bonchev–Trinajstić information content (AvgIpc) is 2.32. The topological polar surface area (TPSA) is 12.0 Å². The Morgan fingerprint density at radius 2 is 2.24 bits per heavy atom. The van der Waals surface area contributed by atoms with Crippen LogP contribution < -0.4 is 5.32 Å². The van der Waals surface area contributed by atoms with Crippen molar-refractivity contribution in [3.8, 4) is 0 Å². The number of rotatable bonds is 8. The molecule has 1 rings (SSSR count). The molecular weight excluding hydrogens is 250 g/mol. The maximum absolute atomic E-state index is 6.02. The minimum atomic E-state index is 0.709. The normalized spacial score (nSPS) is 12.6. The number of nitrogens with one attached hydrogen (secondary N) is 1. The van der Waals surface area contributed by atoms with Crippen LogP contribution in [0.2, 0.25) is 5.02 Å². The Morgan fingerprint density at radius 1 is 1.41 bits per heavy atom. The van der Waals surface area contributed by atoms with Crippen molar-refractivity contribution in [1.29, 1.82) is 0 Å². The first-order valence-electron chi connectivity index (χ1n) is 6.20. The number of hydrogen-bond donors (Lipinski definition) is 1. The van der Waals surface area contributed by atoms with Gasteiger partial charge in [0.25, 0.3) is 0 Å². The summed E-state index contributed by atoms with van der Waals surface area (Å²) >= 11 is 7.94. The first-order valence-corrected chi connectivity index (χ1v) is 7.97. The molecule has 0 saturated carbocycles. The van der Waals surface area contributed by atoms with Crippen LogP contribution in [0.4, 0.5) is 0 Å². The third-order valence-electron chi connectivity index (χ3n) is 2.83. The zero-order valence-corrected chi connectivity index (χ0v) is 12.3. The highest BCUT2D eigenvalue weighted by Gasteiger charge is 2.09. The first kappa shape index (κ1) is 14.9. The summed E-state index contributed by atoms with van der Waals surface area (Å²) in [4.78, 5) is 0. The molecule has 0 bridgehead atoms. The van der Waals surface area contributed by atoms with Crippen molar-refractivity contribution in [3.63, 3.8) is 0 Å². The van der Waals surface area contributed by atoms with E-state index in [-0.39, 0.29) is 0 Å². The van der Waals surface area contributed by atoms with Gasteiger partial charge < -0.3 is 5.32 Å². The van der Waals surface area contributed by atoms with Crippen molar-refractivity contribution < 1.29 is 0 Å². The van der Waals surface area contributed by atoms with Crippen molar-refractivity contribution >= 4 is 23.4 Å². The minimum absolute atomic E-state index is 0.709. The summed E-state index contributed by atoms with van der Waals surface area (Å²) < 4.78 is 0. The highest BCUT2D eigenvalue weighted by atomic mass is 35.5. The van der Waals surface area contributed by atoms with E-state index >= 15 is 0 Å². The predicted octanol–water partition coefficient (Wildman–Crippen LogP) is 3.86. The fraction of sp³-hybridized carbons (Fsp3) is 0.571. The van der Waals surface area contributed by atoms with E-state index in [4.69, 9.17) is 11.6 Å². The van der Waals surface area contributed by atoms with Crippen LogP contribution in [0.15, 0.2) is 24.3 Å². The molecule has 17 heavy (non-hydrogen) atoms. The molecule has 1 N–H and O–H groups in total. The summed E-state index contributed by atoms with van der Waals surface area (Å²) in [5.74, 6) is 1.94. The Hall–Kier alpha value is -0.180. The molecular formula is C14H22ClNS. The second-order valence-electron chi connectivity index (χ2n) is 4.29. The largest absolute Gasteiger partial charge is 0.317 e. The SMILES string of the molecule is CCNCC(CCSC)Cc1cccc(Cl)c1. The highest BCUT2D eigenvalue weighted by Crippen LogP contribution is 2.17. The second kappa shape index (κ2) is 8.84. The third kappa shape index (κ3) is 6.35. The molecule has 1 aromatic rings. The lowest BCUT2D eigenvalue weighted by atomic mass is 9.97. The van der Waals surface area contributed by atoms with E-state index in [1.165, 1.54) is 17.7 Å². The molecule has 1 aromatic carbocycles. The van der Waals surface area contributed by atoms with E-state index < -0.39 is 0 Å². The van der Waals surface area contributed by atoms with E-state index in [1.807, 2.05) is 23.9 Å². The summed E-state index contributed by atoms with van der Waals surface area (Å²) in [5.41, 5.74) is 1.35. The van der Waals surface area contributed by atoms with E-state index in [0.717, 1.165) is 24.5 Å².